The molecule has 14 heavy (non-hydrogen) atoms. The van der Waals surface area contributed by atoms with E-state index in [0.717, 1.165) is 10.9 Å². The van der Waals surface area contributed by atoms with Crippen molar-refractivity contribution in [3.8, 4) is 6.07 Å². The van der Waals surface area contributed by atoms with Gasteiger partial charge in [0, 0.05) is 10.9 Å². The predicted octanol–water partition coefficient (Wildman–Crippen LogP) is 4.16. The monoisotopic (exact) mass is 251 g/mol. The van der Waals surface area contributed by atoms with Crippen molar-refractivity contribution in [3.05, 3.63) is 33.8 Å². The van der Waals surface area contributed by atoms with Crippen LogP contribution >= 0.6 is 15.9 Å². The van der Waals surface area contributed by atoms with Crippen molar-refractivity contribution in [2.75, 3.05) is 0 Å². The minimum absolute atomic E-state index is 0.474. The Kier molecular flexibility index (Phi) is 4.16. The normalized spacial score (nSPS) is 12.1. The summed E-state index contributed by atoms with van der Waals surface area (Å²) in [6, 6.07) is 8.57. The molecule has 0 aliphatic carbocycles. The van der Waals surface area contributed by atoms with E-state index in [0.29, 0.717) is 12.3 Å². The molecule has 0 amide bonds. The molecular formula is C12H14BrN. The van der Waals surface area contributed by atoms with Gasteiger partial charge in [0.2, 0.25) is 0 Å². The molecule has 74 valence electrons. The third kappa shape index (κ3) is 2.85. The molecular weight excluding hydrogens is 238 g/mol. The summed E-state index contributed by atoms with van der Waals surface area (Å²) in [5, 5.41) is 8.50. The van der Waals surface area contributed by atoms with E-state index >= 15 is 0 Å². The molecule has 0 fully saturated rings. The molecule has 0 N–H and O–H groups in total. The summed E-state index contributed by atoms with van der Waals surface area (Å²) in [5.41, 5.74) is 2.58. The summed E-state index contributed by atoms with van der Waals surface area (Å²) in [7, 11) is 0. The molecule has 0 saturated carbocycles. The zero-order valence-electron chi connectivity index (χ0n) is 8.55. The first kappa shape index (κ1) is 11.3. The van der Waals surface area contributed by atoms with Gasteiger partial charge >= 0.3 is 0 Å². The zero-order chi connectivity index (χ0) is 10.6. The van der Waals surface area contributed by atoms with Gasteiger partial charge in [0.25, 0.3) is 0 Å². The van der Waals surface area contributed by atoms with Gasteiger partial charge in [-0.05, 0) is 36.5 Å². The molecule has 0 heterocycles. The van der Waals surface area contributed by atoms with Crippen LogP contribution < -0.4 is 0 Å². The van der Waals surface area contributed by atoms with Crippen molar-refractivity contribution < 1.29 is 0 Å². The van der Waals surface area contributed by atoms with Gasteiger partial charge in [-0.1, -0.05) is 35.0 Å². The standard InChI is InChI=1S/C12H14BrN/c1-9(4-3-7-14)11-5-6-12(13)10(2)8-11/h5-6,8-9H,3-4H2,1-2H3. The summed E-state index contributed by atoms with van der Waals surface area (Å²) in [6.07, 6.45) is 1.58. The lowest BCUT2D eigenvalue weighted by Gasteiger charge is -2.11. The molecule has 0 radical (unpaired) electrons. The average Bonchev–Trinajstić information content (AvgIpc) is 2.18. The molecule has 0 aliphatic rings. The van der Waals surface area contributed by atoms with Crippen LogP contribution in [0.4, 0.5) is 0 Å². The molecule has 1 aromatic carbocycles. The fourth-order valence-corrected chi connectivity index (χ4v) is 1.67. The predicted molar refractivity (Wildman–Crippen MR) is 62.1 cm³/mol. The average molecular weight is 252 g/mol. The lowest BCUT2D eigenvalue weighted by Crippen LogP contribution is -1.93. The first-order valence-corrected chi connectivity index (χ1v) is 5.57. The lowest BCUT2D eigenvalue weighted by atomic mass is 9.95. The van der Waals surface area contributed by atoms with Gasteiger partial charge in [-0.15, -0.1) is 0 Å². The Labute approximate surface area is 93.9 Å². The number of hydrogen-bond acceptors (Lipinski definition) is 1. The van der Waals surface area contributed by atoms with Crippen LogP contribution in [0.5, 0.6) is 0 Å². The van der Waals surface area contributed by atoms with Crippen LogP contribution in [0.1, 0.15) is 36.8 Å². The van der Waals surface area contributed by atoms with Crippen molar-refractivity contribution in [1.29, 1.82) is 5.26 Å². The minimum Gasteiger partial charge on any atom is -0.198 e. The van der Waals surface area contributed by atoms with E-state index in [9.17, 15) is 0 Å². The van der Waals surface area contributed by atoms with Crippen molar-refractivity contribution in [2.24, 2.45) is 0 Å². The van der Waals surface area contributed by atoms with E-state index in [1.54, 1.807) is 0 Å². The zero-order valence-corrected chi connectivity index (χ0v) is 10.1. The fourth-order valence-electron chi connectivity index (χ4n) is 1.42. The van der Waals surface area contributed by atoms with Crippen LogP contribution in [-0.2, 0) is 0 Å². The third-order valence-corrected chi connectivity index (χ3v) is 3.33. The van der Waals surface area contributed by atoms with E-state index in [1.807, 2.05) is 0 Å². The Balaban J connectivity index is 2.76. The highest BCUT2D eigenvalue weighted by Crippen LogP contribution is 2.24. The highest BCUT2D eigenvalue weighted by Gasteiger charge is 2.06. The number of rotatable bonds is 3. The molecule has 0 bridgehead atoms. The number of aryl methyl sites for hydroxylation is 1. The molecule has 0 spiro atoms. The highest BCUT2D eigenvalue weighted by atomic mass is 79.9. The summed E-state index contributed by atoms with van der Waals surface area (Å²) < 4.78 is 1.15. The first-order chi connectivity index (χ1) is 6.65. The summed E-state index contributed by atoms with van der Waals surface area (Å²) in [4.78, 5) is 0. The molecule has 0 aliphatic heterocycles. The van der Waals surface area contributed by atoms with Crippen molar-refractivity contribution in [1.82, 2.24) is 0 Å². The van der Waals surface area contributed by atoms with E-state index in [4.69, 9.17) is 5.26 Å². The summed E-state index contributed by atoms with van der Waals surface area (Å²) in [5.74, 6) is 0.474. The second-order valence-corrected chi connectivity index (χ2v) is 4.46. The van der Waals surface area contributed by atoms with E-state index in [2.05, 4.69) is 54.0 Å². The number of halogens is 1. The Bertz CT molecular complexity index is 352. The number of benzene rings is 1. The summed E-state index contributed by atoms with van der Waals surface area (Å²) in [6.45, 7) is 4.25. The second-order valence-electron chi connectivity index (χ2n) is 3.61. The maximum Gasteiger partial charge on any atom is 0.0621 e. The Morgan fingerprint density at radius 1 is 1.50 bits per heavy atom. The van der Waals surface area contributed by atoms with E-state index in [1.165, 1.54) is 11.1 Å². The lowest BCUT2D eigenvalue weighted by molar-refractivity contribution is 0.694. The van der Waals surface area contributed by atoms with Crippen LogP contribution in [0.15, 0.2) is 22.7 Å². The van der Waals surface area contributed by atoms with Gasteiger partial charge in [-0.3, -0.25) is 0 Å². The van der Waals surface area contributed by atoms with Crippen molar-refractivity contribution in [2.45, 2.75) is 32.6 Å². The topological polar surface area (TPSA) is 23.8 Å². The van der Waals surface area contributed by atoms with Crippen molar-refractivity contribution in [3.63, 3.8) is 0 Å². The number of nitriles is 1. The molecule has 1 rings (SSSR count). The van der Waals surface area contributed by atoms with Gasteiger partial charge in [-0.2, -0.15) is 5.26 Å². The maximum atomic E-state index is 8.50. The number of nitrogens with zero attached hydrogens (tertiary/aromatic N) is 1. The molecule has 1 aromatic rings. The summed E-state index contributed by atoms with van der Waals surface area (Å²) >= 11 is 3.48. The van der Waals surface area contributed by atoms with E-state index in [-0.39, 0.29) is 0 Å². The Morgan fingerprint density at radius 3 is 2.79 bits per heavy atom. The van der Waals surface area contributed by atoms with Crippen LogP contribution in [-0.4, -0.2) is 0 Å². The van der Waals surface area contributed by atoms with Crippen LogP contribution in [0.3, 0.4) is 0 Å². The highest BCUT2D eigenvalue weighted by molar-refractivity contribution is 9.10. The molecule has 2 heteroatoms. The number of hydrogen-bond donors (Lipinski definition) is 0. The minimum atomic E-state index is 0.474. The second kappa shape index (κ2) is 5.17. The smallest absolute Gasteiger partial charge is 0.0621 e. The SMILES string of the molecule is Cc1cc(C(C)CCC#N)ccc1Br. The molecule has 1 nitrogen and oxygen atoms in total. The van der Waals surface area contributed by atoms with Gasteiger partial charge in [-0.25, -0.2) is 0 Å². The molecule has 0 saturated heterocycles. The van der Waals surface area contributed by atoms with Gasteiger partial charge < -0.3 is 0 Å². The van der Waals surface area contributed by atoms with Gasteiger partial charge in [0.15, 0.2) is 0 Å². The fraction of sp³-hybridized carbons (Fsp3) is 0.417. The van der Waals surface area contributed by atoms with Gasteiger partial charge in [0.1, 0.15) is 0 Å². The molecule has 1 atom stereocenters. The Morgan fingerprint density at radius 2 is 2.21 bits per heavy atom. The Hall–Kier alpha value is -0.810. The maximum absolute atomic E-state index is 8.50. The molecule has 0 aromatic heterocycles. The largest absolute Gasteiger partial charge is 0.198 e. The quantitative estimate of drug-likeness (QED) is 0.792. The van der Waals surface area contributed by atoms with Gasteiger partial charge in [0.05, 0.1) is 6.07 Å². The first-order valence-electron chi connectivity index (χ1n) is 4.78. The molecule has 1 unspecified atom stereocenters. The van der Waals surface area contributed by atoms with Crippen LogP contribution in [0.2, 0.25) is 0 Å². The van der Waals surface area contributed by atoms with Crippen molar-refractivity contribution >= 4 is 15.9 Å². The third-order valence-electron chi connectivity index (χ3n) is 2.44. The van der Waals surface area contributed by atoms with E-state index < -0.39 is 0 Å². The van der Waals surface area contributed by atoms with Crippen LogP contribution in [0.25, 0.3) is 0 Å². The van der Waals surface area contributed by atoms with Crippen LogP contribution in [0, 0.1) is 18.3 Å².